The van der Waals surface area contributed by atoms with E-state index in [9.17, 15) is 19.5 Å². The number of carbonyl (C=O) groups is 2. The number of nitrogens with zero attached hydrogens (tertiary/aromatic N) is 3. The molecule has 1 saturated carbocycles. The van der Waals surface area contributed by atoms with Crippen LogP contribution >= 0.6 is 11.8 Å². The van der Waals surface area contributed by atoms with Crippen LogP contribution in [0.3, 0.4) is 0 Å². The molecule has 1 aliphatic carbocycles. The Labute approximate surface area is 143 Å². The fourth-order valence-electron chi connectivity index (χ4n) is 4.28. The Morgan fingerprint density at radius 1 is 1.29 bits per heavy atom. The zero-order valence-electron chi connectivity index (χ0n) is 13.2. The Kier molecular flexibility index (Phi) is 3.86. The fraction of sp³-hybridized carbons (Fsp3) is 0.625. The molecule has 4 rings (SSSR count). The second kappa shape index (κ2) is 5.91. The standard InChI is InChI=1S/C16H19N3O4S/c20-13-10(8-17-16-18(13)5-6-24-16)14(21)19-11-4-2-1-3-9(11)7-12(19)15(22)23/h8-9,11-12H,1-7H2,(H,22,23). The minimum absolute atomic E-state index is 0.00118. The summed E-state index contributed by atoms with van der Waals surface area (Å²) in [6.45, 7) is 0.543. The van der Waals surface area contributed by atoms with Crippen molar-refractivity contribution in [1.29, 1.82) is 0 Å². The summed E-state index contributed by atoms with van der Waals surface area (Å²) in [4.78, 5) is 43.0. The SMILES string of the molecule is O=C(O)C1CC2CCCCC2N1C(=O)c1cnc2n(c1=O)CCS2. The van der Waals surface area contributed by atoms with E-state index in [-0.39, 0.29) is 23.1 Å². The molecule has 1 N–H and O–H groups in total. The van der Waals surface area contributed by atoms with Crippen LogP contribution in [0.15, 0.2) is 16.1 Å². The van der Waals surface area contributed by atoms with E-state index in [0.717, 1.165) is 31.4 Å². The molecule has 1 aromatic rings. The molecular weight excluding hydrogens is 330 g/mol. The highest BCUT2D eigenvalue weighted by Crippen LogP contribution is 2.40. The summed E-state index contributed by atoms with van der Waals surface area (Å²) < 4.78 is 1.52. The van der Waals surface area contributed by atoms with Crippen molar-refractivity contribution in [3.05, 3.63) is 22.1 Å². The number of carbonyl (C=O) groups excluding carboxylic acids is 1. The predicted octanol–water partition coefficient (Wildman–Crippen LogP) is 1.21. The monoisotopic (exact) mass is 349 g/mol. The van der Waals surface area contributed by atoms with Gasteiger partial charge in [0.05, 0.1) is 0 Å². The molecule has 0 bridgehead atoms. The average Bonchev–Trinajstić information content (AvgIpc) is 3.19. The summed E-state index contributed by atoms with van der Waals surface area (Å²) in [5, 5.41) is 10.2. The van der Waals surface area contributed by atoms with Crippen LogP contribution in [0, 0.1) is 5.92 Å². The van der Waals surface area contributed by atoms with Crippen LogP contribution in [0.25, 0.3) is 0 Å². The minimum Gasteiger partial charge on any atom is -0.480 e. The summed E-state index contributed by atoms with van der Waals surface area (Å²) in [7, 11) is 0. The van der Waals surface area contributed by atoms with Crippen molar-refractivity contribution < 1.29 is 14.7 Å². The van der Waals surface area contributed by atoms with Crippen LogP contribution in [0.1, 0.15) is 42.5 Å². The van der Waals surface area contributed by atoms with Crippen LogP contribution in [0.2, 0.25) is 0 Å². The molecule has 0 aromatic carbocycles. The number of hydrogen-bond acceptors (Lipinski definition) is 5. The molecule has 1 saturated heterocycles. The predicted molar refractivity (Wildman–Crippen MR) is 87.2 cm³/mol. The minimum atomic E-state index is -0.984. The Morgan fingerprint density at radius 2 is 2.08 bits per heavy atom. The van der Waals surface area contributed by atoms with Gasteiger partial charge in [-0.1, -0.05) is 24.6 Å². The molecule has 2 fully saturated rings. The van der Waals surface area contributed by atoms with Crippen LogP contribution in [0.4, 0.5) is 0 Å². The van der Waals surface area contributed by atoms with E-state index in [0.29, 0.717) is 18.1 Å². The molecule has 0 radical (unpaired) electrons. The quantitative estimate of drug-likeness (QED) is 0.807. The summed E-state index contributed by atoms with van der Waals surface area (Å²) in [5.41, 5.74) is -0.350. The second-order valence-corrected chi connectivity index (χ2v) is 7.74. The van der Waals surface area contributed by atoms with Gasteiger partial charge >= 0.3 is 5.97 Å². The number of thioether (sulfide) groups is 1. The lowest BCUT2D eigenvalue weighted by Gasteiger charge is -2.32. The van der Waals surface area contributed by atoms with Gasteiger partial charge in [-0.05, 0) is 25.2 Å². The van der Waals surface area contributed by atoms with Gasteiger partial charge in [-0.3, -0.25) is 14.2 Å². The second-order valence-electron chi connectivity index (χ2n) is 6.67. The summed E-state index contributed by atoms with van der Waals surface area (Å²) >= 11 is 1.49. The largest absolute Gasteiger partial charge is 0.480 e. The number of aromatic nitrogens is 2. The van der Waals surface area contributed by atoms with Crippen molar-refractivity contribution in [1.82, 2.24) is 14.5 Å². The summed E-state index contributed by atoms with van der Waals surface area (Å²) in [5.74, 6) is -0.458. The van der Waals surface area contributed by atoms with E-state index >= 15 is 0 Å². The molecule has 3 aliphatic rings. The lowest BCUT2D eigenvalue weighted by atomic mass is 9.84. The van der Waals surface area contributed by atoms with Crippen molar-refractivity contribution in [2.24, 2.45) is 5.92 Å². The highest BCUT2D eigenvalue weighted by molar-refractivity contribution is 7.99. The Morgan fingerprint density at radius 3 is 2.88 bits per heavy atom. The normalized spacial score (nSPS) is 28.5. The molecule has 1 amide bonds. The van der Waals surface area contributed by atoms with Gasteiger partial charge in [0, 0.05) is 24.5 Å². The van der Waals surface area contributed by atoms with Gasteiger partial charge in [-0.25, -0.2) is 9.78 Å². The number of amides is 1. The van der Waals surface area contributed by atoms with Gasteiger partial charge in [0.2, 0.25) is 0 Å². The number of hydrogen-bond donors (Lipinski definition) is 1. The Bertz CT molecular complexity index is 762. The van der Waals surface area contributed by atoms with Gasteiger partial charge in [-0.15, -0.1) is 0 Å². The molecule has 2 aliphatic heterocycles. The number of carboxylic acids is 1. The van der Waals surface area contributed by atoms with Gasteiger partial charge in [0.15, 0.2) is 5.16 Å². The Balaban J connectivity index is 1.72. The summed E-state index contributed by atoms with van der Waals surface area (Å²) in [6, 6.07) is -0.906. The molecule has 8 heteroatoms. The van der Waals surface area contributed by atoms with Gasteiger partial charge < -0.3 is 10.0 Å². The molecule has 0 spiro atoms. The third-order valence-corrected chi connectivity index (χ3v) is 6.37. The zero-order valence-corrected chi connectivity index (χ0v) is 14.0. The van der Waals surface area contributed by atoms with Crippen molar-refractivity contribution in [3.63, 3.8) is 0 Å². The maximum absolute atomic E-state index is 13.0. The van der Waals surface area contributed by atoms with Crippen molar-refractivity contribution in [2.45, 2.75) is 55.9 Å². The number of fused-ring (bicyclic) bond motifs is 2. The maximum Gasteiger partial charge on any atom is 0.326 e. The third kappa shape index (κ3) is 2.35. The van der Waals surface area contributed by atoms with Crippen LogP contribution in [0.5, 0.6) is 0 Å². The lowest BCUT2D eigenvalue weighted by molar-refractivity contribution is -0.141. The van der Waals surface area contributed by atoms with Gasteiger partial charge in [0.1, 0.15) is 11.6 Å². The molecule has 24 heavy (non-hydrogen) atoms. The van der Waals surface area contributed by atoms with Gasteiger partial charge in [0.25, 0.3) is 11.5 Å². The lowest BCUT2D eigenvalue weighted by Crippen LogP contribution is -2.48. The number of rotatable bonds is 2. The fourth-order valence-corrected chi connectivity index (χ4v) is 5.19. The van der Waals surface area contributed by atoms with E-state index in [1.807, 2.05) is 0 Å². The first-order valence-electron chi connectivity index (χ1n) is 8.36. The summed E-state index contributed by atoms with van der Waals surface area (Å²) in [6.07, 6.45) is 5.66. The Hall–Kier alpha value is -1.83. The number of aliphatic carboxylic acids is 1. The first kappa shape index (κ1) is 15.7. The molecular formula is C16H19N3O4S. The highest BCUT2D eigenvalue weighted by atomic mass is 32.2. The molecule has 1 aromatic heterocycles. The van der Waals surface area contributed by atoms with Crippen molar-refractivity contribution in [3.8, 4) is 0 Å². The van der Waals surface area contributed by atoms with E-state index in [2.05, 4.69) is 4.98 Å². The van der Waals surface area contributed by atoms with E-state index < -0.39 is 17.9 Å². The van der Waals surface area contributed by atoms with Crippen molar-refractivity contribution >= 4 is 23.6 Å². The van der Waals surface area contributed by atoms with Gasteiger partial charge in [-0.2, -0.15) is 0 Å². The number of carboxylic acid groups (broad SMARTS) is 1. The molecule has 3 atom stereocenters. The van der Waals surface area contributed by atoms with E-state index in [1.54, 1.807) is 0 Å². The topological polar surface area (TPSA) is 92.5 Å². The third-order valence-electron chi connectivity index (χ3n) is 5.39. The van der Waals surface area contributed by atoms with Crippen molar-refractivity contribution in [2.75, 3.05) is 5.75 Å². The highest BCUT2D eigenvalue weighted by Gasteiger charge is 2.48. The smallest absolute Gasteiger partial charge is 0.326 e. The van der Waals surface area contributed by atoms with E-state index in [4.69, 9.17) is 0 Å². The number of likely N-dealkylation sites (tertiary alicyclic amines) is 1. The molecule has 3 heterocycles. The first-order chi connectivity index (χ1) is 11.6. The van der Waals surface area contributed by atoms with Crippen LogP contribution in [-0.2, 0) is 11.3 Å². The maximum atomic E-state index is 13.0. The van der Waals surface area contributed by atoms with Crippen LogP contribution in [-0.4, -0.2) is 49.3 Å². The molecule has 3 unspecified atom stereocenters. The molecule has 7 nitrogen and oxygen atoms in total. The van der Waals surface area contributed by atoms with Crippen LogP contribution < -0.4 is 5.56 Å². The average molecular weight is 349 g/mol. The molecule has 128 valence electrons. The van der Waals surface area contributed by atoms with E-state index in [1.165, 1.54) is 27.4 Å². The zero-order chi connectivity index (χ0) is 16.8. The first-order valence-corrected chi connectivity index (χ1v) is 9.34.